The average molecular weight is 315 g/mol. The van der Waals surface area contributed by atoms with E-state index in [1.807, 2.05) is 0 Å². The number of hydrogen-bond donors (Lipinski definition) is 2. The number of aromatic nitrogens is 1. The molecule has 2 unspecified atom stereocenters. The van der Waals surface area contributed by atoms with Gasteiger partial charge in [0, 0.05) is 25.8 Å². The maximum atomic E-state index is 11.9. The summed E-state index contributed by atoms with van der Waals surface area (Å²) in [4.78, 5) is 15.9. The van der Waals surface area contributed by atoms with Crippen LogP contribution in [0.2, 0.25) is 0 Å². The van der Waals surface area contributed by atoms with Crippen molar-refractivity contribution in [3.8, 4) is 0 Å². The minimum atomic E-state index is -0.982. The fourth-order valence-electron chi connectivity index (χ4n) is 1.89. The molecule has 0 saturated carbocycles. The van der Waals surface area contributed by atoms with Gasteiger partial charge in [-0.3, -0.25) is 4.79 Å². The van der Waals surface area contributed by atoms with E-state index in [2.05, 4.69) is 26.2 Å². The van der Waals surface area contributed by atoms with Crippen LogP contribution >= 0.6 is 15.9 Å². The number of rotatable bonds is 3. The second-order valence-electron chi connectivity index (χ2n) is 4.39. The molecule has 1 amide bonds. The summed E-state index contributed by atoms with van der Waals surface area (Å²) in [6.45, 7) is 2.50. The molecule has 0 aliphatic carbocycles. The summed E-state index contributed by atoms with van der Waals surface area (Å²) in [5.41, 5.74) is -0.530. The summed E-state index contributed by atoms with van der Waals surface area (Å²) in [5, 5.41) is 13.0. The summed E-state index contributed by atoms with van der Waals surface area (Å²) in [6, 6.07) is 3.36. The van der Waals surface area contributed by atoms with Gasteiger partial charge in [0.25, 0.3) is 5.91 Å². The smallest absolute Gasteiger partial charge is 0.254 e. The van der Waals surface area contributed by atoms with Crippen LogP contribution in [0.3, 0.4) is 0 Å². The lowest BCUT2D eigenvalue weighted by molar-refractivity contribution is -0.0251. The van der Waals surface area contributed by atoms with Gasteiger partial charge in [-0.1, -0.05) is 0 Å². The van der Waals surface area contributed by atoms with Crippen LogP contribution in [-0.2, 0) is 4.74 Å². The molecule has 1 saturated heterocycles. The Morgan fingerprint density at radius 2 is 2.56 bits per heavy atom. The van der Waals surface area contributed by atoms with E-state index in [0.29, 0.717) is 23.2 Å². The minimum Gasteiger partial charge on any atom is -0.385 e. The maximum absolute atomic E-state index is 11.9. The first-order chi connectivity index (χ1) is 8.53. The van der Waals surface area contributed by atoms with E-state index >= 15 is 0 Å². The Balaban J connectivity index is 1.99. The molecule has 0 bridgehead atoms. The van der Waals surface area contributed by atoms with Crippen LogP contribution in [0.1, 0.15) is 23.7 Å². The fourth-order valence-corrected chi connectivity index (χ4v) is 2.32. The van der Waals surface area contributed by atoms with Crippen molar-refractivity contribution in [3.05, 3.63) is 28.5 Å². The maximum Gasteiger partial charge on any atom is 0.254 e. The molecule has 2 atom stereocenters. The fraction of sp³-hybridized carbons (Fsp3) is 0.500. The first-order valence-corrected chi connectivity index (χ1v) is 6.55. The van der Waals surface area contributed by atoms with E-state index in [9.17, 15) is 9.90 Å². The van der Waals surface area contributed by atoms with Gasteiger partial charge < -0.3 is 15.2 Å². The summed E-state index contributed by atoms with van der Waals surface area (Å²) in [5.74, 6) is -0.262. The largest absolute Gasteiger partial charge is 0.385 e. The van der Waals surface area contributed by atoms with Crippen molar-refractivity contribution >= 4 is 21.8 Å². The molecule has 1 aromatic rings. The van der Waals surface area contributed by atoms with Crippen molar-refractivity contribution in [2.45, 2.75) is 25.0 Å². The van der Waals surface area contributed by atoms with Crippen molar-refractivity contribution in [2.75, 3.05) is 13.2 Å². The predicted octanol–water partition coefficient (Wildman–Crippen LogP) is 1.11. The summed E-state index contributed by atoms with van der Waals surface area (Å²) in [7, 11) is 0. The molecule has 18 heavy (non-hydrogen) atoms. The number of pyridine rings is 1. The molecule has 5 nitrogen and oxygen atoms in total. The molecule has 1 fully saturated rings. The van der Waals surface area contributed by atoms with Crippen LogP contribution in [-0.4, -0.2) is 40.9 Å². The van der Waals surface area contributed by atoms with E-state index in [1.54, 1.807) is 25.3 Å². The number of hydrogen-bond acceptors (Lipinski definition) is 4. The lowest BCUT2D eigenvalue weighted by Crippen LogP contribution is -2.47. The summed E-state index contributed by atoms with van der Waals surface area (Å²) < 4.78 is 5.80. The van der Waals surface area contributed by atoms with Gasteiger partial charge in [0.15, 0.2) is 0 Å². The van der Waals surface area contributed by atoms with Crippen molar-refractivity contribution in [2.24, 2.45) is 0 Å². The van der Waals surface area contributed by atoms with E-state index < -0.39 is 5.60 Å². The average Bonchev–Trinajstić information content (AvgIpc) is 2.68. The van der Waals surface area contributed by atoms with Crippen molar-refractivity contribution in [3.63, 3.8) is 0 Å². The third-order valence-electron chi connectivity index (χ3n) is 3.22. The molecule has 0 radical (unpaired) electrons. The molecule has 98 valence electrons. The molecule has 6 heteroatoms. The Morgan fingerprint density at radius 1 is 1.78 bits per heavy atom. The lowest BCUT2D eigenvalue weighted by Gasteiger charge is -2.26. The zero-order valence-corrected chi connectivity index (χ0v) is 11.6. The highest BCUT2D eigenvalue weighted by Gasteiger charge is 2.39. The van der Waals surface area contributed by atoms with Gasteiger partial charge in [-0.25, -0.2) is 4.98 Å². The molecule has 2 N–H and O–H groups in total. The first-order valence-electron chi connectivity index (χ1n) is 5.75. The van der Waals surface area contributed by atoms with Crippen LogP contribution < -0.4 is 5.32 Å². The highest BCUT2D eigenvalue weighted by atomic mass is 79.9. The zero-order valence-electron chi connectivity index (χ0n) is 10.0. The van der Waals surface area contributed by atoms with Crippen molar-refractivity contribution < 1.29 is 14.6 Å². The standard InChI is InChI=1S/C12H15BrN2O3/c1-8-12(17,4-6-18-8)7-15-11(16)9-3-2-5-14-10(9)13/h2-3,5,8,17H,4,6-7H2,1H3,(H,15,16). The topological polar surface area (TPSA) is 71.5 Å². The highest BCUT2D eigenvalue weighted by Crippen LogP contribution is 2.25. The zero-order chi connectivity index (χ0) is 13.2. The lowest BCUT2D eigenvalue weighted by atomic mass is 9.96. The minimum absolute atomic E-state index is 0.175. The third kappa shape index (κ3) is 2.71. The third-order valence-corrected chi connectivity index (χ3v) is 3.85. The van der Waals surface area contributed by atoms with E-state index in [4.69, 9.17) is 4.74 Å². The Hall–Kier alpha value is -0.980. The predicted molar refractivity (Wildman–Crippen MR) is 69.3 cm³/mol. The molecule has 0 aromatic carbocycles. The van der Waals surface area contributed by atoms with Crippen LogP contribution in [0.4, 0.5) is 0 Å². The normalized spacial score (nSPS) is 27.2. The number of nitrogens with one attached hydrogen (secondary N) is 1. The molecular formula is C12H15BrN2O3. The second-order valence-corrected chi connectivity index (χ2v) is 5.14. The van der Waals surface area contributed by atoms with Crippen molar-refractivity contribution in [1.82, 2.24) is 10.3 Å². The van der Waals surface area contributed by atoms with Gasteiger partial charge in [0.2, 0.25) is 0 Å². The molecule has 2 rings (SSSR count). The first kappa shape index (κ1) is 13.5. The van der Waals surface area contributed by atoms with Crippen LogP contribution in [0.25, 0.3) is 0 Å². The number of amides is 1. The molecule has 2 heterocycles. The van der Waals surface area contributed by atoms with Gasteiger partial charge >= 0.3 is 0 Å². The van der Waals surface area contributed by atoms with E-state index in [-0.39, 0.29) is 18.6 Å². The Bertz CT molecular complexity index is 455. The SMILES string of the molecule is CC1OCCC1(O)CNC(=O)c1cccnc1Br. The molecular weight excluding hydrogens is 300 g/mol. The number of carbonyl (C=O) groups excluding carboxylic acids is 1. The van der Waals surface area contributed by atoms with Gasteiger partial charge in [0.1, 0.15) is 10.2 Å². The molecule has 1 aromatic heterocycles. The second kappa shape index (κ2) is 5.34. The van der Waals surface area contributed by atoms with Gasteiger partial charge in [-0.2, -0.15) is 0 Å². The van der Waals surface area contributed by atoms with Crippen molar-refractivity contribution in [1.29, 1.82) is 0 Å². The van der Waals surface area contributed by atoms with Gasteiger partial charge in [-0.15, -0.1) is 0 Å². The number of aliphatic hydroxyl groups is 1. The molecule has 1 aliphatic rings. The number of halogens is 1. The summed E-state index contributed by atoms with van der Waals surface area (Å²) >= 11 is 3.22. The Kier molecular flexibility index (Phi) is 3.99. The molecule has 1 aliphatic heterocycles. The Morgan fingerprint density at radius 3 is 3.17 bits per heavy atom. The number of carbonyl (C=O) groups is 1. The van der Waals surface area contributed by atoms with E-state index in [1.165, 1.54) is 0 Å². The highest BCUT2D eigenvalue weighted by molar-refractivity contribution is 9.10. The number of nitrogens with zero attached hydrogens (tertiary/aromatic N) is 1. The Labute approximate surface area is 114 Å². The number of ether oxygens (including phenoxy) is 1. The summed E-state index contributed by atoms with van der Waals surface area (Å²) in [6.07, 6.45) is 1.86. The quantitative estimate of drug-likeness (QED) is 0.820. The van der Waals surface area contributed by atoms with E-state index in [0.717, 1.165) is 0 Å². The monoisotopic (exact) mass is 314 g/mol. The molecule has 0 spiro atoms. The van der Waals surface area contributed by atoms with Gasteiger partial charge in [-0.05, 0) is 35.0 Å². The van der Waals surface area contributed by atoms with Crippen LogP contribution in [0, 0.1) is 0 Å². The van der Waals surface area contributed by atoms with Gasteiger partial charge in [0.05, 0.1) is 11.7 Å². The van der Waals surface area contributed by atoms with Crippen LogP contribution in [0.15, 0.2) is 22.9 Å². The van der Waals surface area contributed by atoms with Crippen LogP contribution in [0.5, 0.6) is 0 Å².